The van der Waals surface area contributed by atoms with Crippen molar-refractivity contribution in [2.45, 2.75) is 60.6 Å². The van der Waals surface area contributed by atoms with Crippen molar-refractivity contribution >= 4 is 35.0 Å². The summed E-state index contributed by atoms with van der Waals surface area (Å²) in [4.78, 5) is 44.2. The molecule has 0 aliphatic carbocycles. The first-order chi connectivity index (χ1) is 21.9. The lowest BCUT2D eigenvalue weighted by molar-refractivity contribution is -0.139. The van der Waals surface area contributed by atoms with Gasteiger partial charge in [0, 0.05) is 29.7 Å². The van der Waals surface area contributed by atoms with E-state index in [1.54, 1.807) is 37.7 Å². The number of fused-ring (bicyclic) bond motifs is 1. The zero-order valence-electron chi connectivity index (χ0n) is 27.3. The van der Waals surface area contributed by atoms with Gasteiger partial charge in [-0.05, 0) is 101 Å². The first kappa shape index (κ1) is 32.5. The van der Waals surface area contributed by atoms with E-state index in [0.29, 0.717) is 43.4 Å². The van der Waals surface area contributed by atoms with Gasteiger partial charge in [0.1, 0.15) is 0 Å². The minimum absolute atomic E-state index is 0.0697. The summed E-state index contributed by atoms with van der Waals surface area (Å²) in [5.41, 5.74) is 5.63. The number of esters is 1. The van der Waals surface area contributed by atoms with Gasteiger partial charge in [0.05, 0.1) is 41.7 Å². The lowest BCUT2D eigenvalue weighted by Crippen LogP contribution is -2.40. The maximum atomic E-state index is 14.2. The Labute approximate surface area is 271 Å². The molecule has 1 N–H and O–H groups in total. The highest BCUT2D eigenvalue weighted by Crippen LogP contribution is 2.36. The molecule has 0 spiro atoms. The lowest BCUT2D eigenvalue weighted by atomic mass is 9.95. The van der Waals surface area contributed by atoms with Gasteiger partial charge in [0.25, 0.3) is 5.56 Å². The molecule has 2 aromatic heterocycles. The van der Waals surface area contributed by atoms with Crippen LogP contribution < -0.4 is 29.7 Å². The van der Waals surface area contributed by atoms with Crippen LogP contribution >= 0.6 is 11.3 Å². The summed E-state index contributed by atoms with van der Waals surface area (Å²) in [6.07, 6.45) is 1.80. The molecule has 0 saturated heterocycles. The minimum Gasteiger partial charge on any atom is -0.493 e. The number of anilines is 1. The average Bonchev–Trinajstić information content (AvgIpc) is 3.45. The van der Waals surface area contributed by atoms with E-state index in [1.807, 2.05) is 70.2 Å². The van der Waals surface area contributed by atoms with Gasteiger partial charge in [-0.2, -0.15) is 0 Å². The third-order valence-corrected chi connectivity index (χ3v) is 8.57. The van der Waals surface area contributed by atoms with Crippen molar-refractivity contribution in [3.05, 3.63) is 102 Å². The molecule has 1 aliphatic rings. The molecule has 10 nitrogen and oxygen atoms in total. The number of nitrogens with one attached hydrogen (secondary N) is 1. The fourth-order valence-electron chi connectivity index (χ4n) is 5.68. The van der Waals surface area contributed by atoms with Crippen LogP contribution in [0.3, 0.4) is 0 Å². The Hall–Kier alpha value is -4.90. The summed E-state index contributed by atoms with van der Waals surface area (Å²) >= 11 is 1.27. The number of hydrogen-bond acceptors (Lipinski definition) is 8. The highest BCUT2D eigenvalue weighted by Gasteiger charge is 2.34. The van der Waals surface area contributed by atoms with Crippen molar-refractivity contribution in [2.75, 3.05) is 19.0 Å². The summed E-state index contributed by atoms with van der Waals surface area (Å²) in [5, 5.41) is 2.79. The Morgan fingerprint density at radius 3 is 2.41 bits per heavy atom. The number of carbonyl (C=O) groups excluding carboxylic acids is 2. The number of amides is 1. The van der Waals surface area contributed by atoms with Crippen LogP contribution in [0.5, 0.6) is 11.5 Å². The van der Waals surface area contributed by atoms with E-state index >= 15 is 0 Å². The Morgan fingerprint density at radius 1 is 1.07 bits per heavy atom. The van der Waals surface area contributed by atoms with Crippen LogP contribution in [-0.4, -0.2) is 40.8 Å². The Morgan fingerprint density at radius 2 is 1.78 bits per heavy atom. The van der Waals surface area contributed by atoms with Crippen molar-refractivity contribution < 1.29 is 23.8 Å². The summed E-state index contributed by atoms with van der Waals surface area (Å²) < 4.78 is 21.1. The second-order valence-corrected chi connectivity index (χ2v) is 12.3. The largest absolute Gasteiger partial charge is 0.493 e. The number of benzene rings is 2. The van der Waals surface area contributed by atoms with E-state index in [2.05, 4.69) is 9.88 Å². The molecule has 1 atom stereocenters. The zero-order valence-corrected chi connectivity index (χ0v) is 28.1. The molecule has 46 heavy (non-hydrogen) atoms. The van der Waals surface area contributed by atoms with Gasteiger partial charge in [0.2, 0.25) is 5.91 Å². The van der Waals surface area contributed by atoms with Gasteiger partial charge in [-0.25, -0.2) is 9.79 Å². The molecule has 5 rings (SSSR count). The number of rotatable bonds is 9. The Kier molecular flexibility index (Phi) is 9.34. The van der Waals surface area contributed by atoms with Gasteiger partial charge in [-0.15, -0.1) is 0 Å². The predicted molar refractivity (Wildman–Crippen MR) is 179 cm³/mol. The van der Waals surface area contributed by atoms with E-state index in [4.69, 9.17) is 19.2 Å². The molecule has 0 saturated carbocycles. The Bertz CT molecular complexity index is 2030. The van der Waals surface area contributed by atoms with Gasteiger partial charge in [-0.1, -0.05) is 17.4 Å². The molecule has 2 aromatic carbocycles. The third-order valence-electron chi connectivity index (χ3n) is 7.59. The number of methoxy groups -OCH3 is 1. The van der Waals surface area contributed by atoms with Gasteiger partial charge in [-0.3, -0.25) is 14.2 Å². The van der Waals surface area contributed by atoms with Gasteiger partial charge in [0.15, 0.2) is 16.3 Å². The monoisotopic (exact) mass is 642 g/mol. The first-order valence-electron chi connectivity index (χ1n) is 15.0. The molecule has 0 radical (unpaired) electrons. The minimum atomic E-state index is -0.783. The fourth-order valence-corrected chi connectivity index (χ4v) is 6.72. The summed E-state index contributed by atoms with van der Waals surface area (Å²) in [6.45, 7) is 13.0. The van der Waals surface area contributed by atoms with E-state index in [9.17, 15) is 14.4 Å². The third kappa shape index (κ3) is 6.28. The van der Waals surface area contributed by atoms with Gasteiger partial charge >= 0.3 is 5.97 Å². The number of nitrogens with zero attached hydrogens (tertiary/aromatic N) is 3. The van der Waals surface area contributed by atoms with E-state index in [-0.39, 0.29) is 24.2 Å². The molecular formula is C35H38N4O6S. The number of thiazole rings is 1. The van der Waals surface area contributed by atoms with Crippen molar-refractivity contribution in [3.63, 3.8) is 0 Å². The number of hydrogen-bond donors (Lipinski definition) is 1. The number of ether oxygens (including phenoxy) is 3. The molecule has 3 heterocycles. The summed E-state index contributed by atoms with van der Waals surface area (Å²) in [7, 11) is 1.55. The first-order valence-corrected chi connectivity index (χ1v) is 15.9. The van der Waals surface area contributed by atoms with E-state index < -0.39 is 12.0 Å². The van der Waals surface area contributed by atoms with Crippen molar-refractivity contribution in [1.82, 2.24) is 9.13 Å². The highest BCUT2D eigenvalue weighted by molar-refractivity contribution is 7.07. The number of aryl methyl sites for hydroxylation is 1. The highest BCUT2D eigenvalue weighted by atomic mass is 32.1. The normalized spacial score (nSPS) is 14.6. The van der Waals surface area contributed by atoms with E-state index in [1.165, 1.54) is 18.3 Å². The number of aromatic nitrogens is 2. The lowest BCUT2D eigenvalue weighted by Gasteiger charge is -2.25. The molecule has 4 aromatic rings. The van der Waals surface area contributed by atoms with Crippen molar-refractivity contribution in [1.29, 1.82) is 0 Å². The standard InChI is InChI=1S/C35H38N4O6S/c1-9-44-34(42)31-21(5)36-35-39(32(31)24-10-15-28(45-19(2)3)29(17-24)43-8)33(41)30(46-35)18-25-16-20(4)38(22(25)6)27-13-11-26(12-14-27)37-23(7)40/h10-19,32H,9H2,1-8H3,(H,37,40)/b30-18-/t32-/m0/s1. The number of allylic oxidation sites excluding steroid dienone is 1. The molecule has 1 aliphatic heterocycles. The topological polar surface area (TPSA) is 113 Å². The molecule has 0 bridgehead atoms. The van der Waals surface area contributed by atoms with E-state index in [0.717, 1.165) is 22.6 Å². The maximum Gasteiger partial charge on any atom is 0.338 e. The van der Waals surface area contributed by atoms with Crippen LogP contribution in [-0.2, 0) is 14.3 Å². The second-order valence-electron chi connectivity index (χ2n) is 11.3. The zero-order chi connectivity index (χ0) is 33.3. The molecule has 0 unspecified atom stereocenters. The quantitative estimate of drug-likeness (QED) is 0.258. The molecular weight excluding hydrogens is 604 g/mol. The summed E-state index contributed by atoms with van der Waals surface area (Å²) in [6, 6.07) is 14.3. The predicted octanol–water partition coefficient (Wildman–Crippen LogP) is 4.96. The van der Waals surface area contributed by atoms with Crippen molar-refractivity contribution in [3.8, 4) is 17.2 Å². The molecule has 11 heteroatoms. The smallest absolute Gasteiger partial charge is 0.338 e. The molecule has 1 amide bonds. The van der Waals surface area contributed by atoms with Gasteiger partial charge < -0.3 is 24.1 Å². The Balaban J connectivity index is 1.64. The van der Waals surface area contributed by atoms with Crippen LogP contribution in [0.15, 0.2) is 69.6 Å². The van der Waals surface area contributed by atoms with Crippen molar-refractivity contribution in [2.24, 2.45) is 4.99 Å². The van der Waals surface area contributed by atoms with Crippen LogP contribution in [0.2, 0.25) is 0 Å². The summed E-state index contributed by atoms with van der Waals surface area (Å²) in [5.74, 6) is 0.390. The van der Waals surface area contributed by atoms with Crippen LogP contribution in [0.4, 0.5) is 5.69 Å². The molecule has 240 valence electrons. The van der Waals surface area contributed by atoms with Crippen LogP contribution in [0, 0.1) is 13.8 Å². The fraction of sp³-hybridized carbons (Fsp3) is 0.314. The second kappa shape index (κ2) is 13.2. The average molecular weight is 643 g/mol. The van der Waals surface area contributed by atoms with Crippen LogP contribution in [0.1, 0.15) is 63.2 Å². The number of carbonyl (C=O) groups is 2. The maximum absolute atomic E-state index is 14.2. The molecule has 0 fully saturated rings. The SMILES string of the molecule is CCOC(=O)C1=C(C)N=c2s/c(=C\c3cc(C)n(-c4ccc(NC(C)=O)cc4)c3C)c(=O)n2[C@H]1c1ccc(OC(C)C)c(OC)c1. The van der Waals surface area contributed by atoms with Crippen LogP contribution in [0.25, 0.3) is 11.8 Å².